The quantitative estimate of drug-likeness (QED) is 0.390. The molecule has 0 aromatic heterocycles. The Labute approximate surface area is 228 Å². The Morgan fingerprint density at radius 2 is 1.74 bits per heavy atom. The van der Waals surface area contributed by atoms with Crippen LogP contribution < -0.4 is 4.74 Å². The van der Waals surface area contributed by atoms with Crippen LogP contribution in [-0.4, -0.2) is 34.7 Å². The van der Waals surface area contributed by atoms with Gasteiger partial charge in [-0.3, -0.25) is 9.69 Å². The van der Waals surface area contributed by atoms with Crippen LogP contribution >= 0.6 is 0 Å². The largest absolute Gasteiger partial charge is 0.487 e. The minimum absolute atomic E-state index is 0.00814. The van der Waals surface area contributed by atoms with Crippen molar-refractivity contribution in [3.8, 4) is 5.75 Å². The summed E-state index contributed by atoms with van der Waals surface area (Å²) in [5, 5.41) is 9.69. The number of ether oxygens (including phenoxy) is 1. The van der Waals surface area contributed by atoms with Gasteiger partial charge in [0, 0.05) is 19.1 Å². The number of benzene rings is 2. The van der Waals surface area contributed by atoms with Crippen molar-refractivity contribution in [3.05, 3.63) is 64.2 Å². The van der Waals surface area contributed by atoms with E-state index in [0.29, 0.717) is 30.5 Å². The van der Waals surface area contributed by atoms with E-state index in [1.165, 1.54) is 6.07 Å². The van der Waals surface area contributed by atoms with Gasteiger partial charge in [0.05, 0.1) is 11.5 Å². The Morgan fingerprint density at radius 3 is 2.36 bits per heavy atom. The van der Waals surface area contributed by atoms with Gasteiger partial charge in [0.15, 0.2) is 0 Å². The topological polar surface area (TPSA) is 49.8 Å². The van der Waals surface area contributed by atoms with Crippen molar-refractivity contribution in [3.63, 3.8) is 0 Å². The highest BCUT2D eigenvalue weighted by Gasteiger charge is 2.43. The Bertz CT molecular complexity index is 1240. The molecule has 2 aromatic rings. The number of hydrogen-bond acceptors (Lipinski definition) is 3. The van der Waals surface area contributed by atoms with Crippen LogP contribution in [0, 0.1) is 11.8 Å². The molecule has 2 aliphatic heterocycles. The summed E-state index contributed by atoms with van der Waals surface area (Å²) in [7, 11) is 0. The Morgan fingerprint density at radius 1 is 1.03 bits per heavy atom. The molecule has 1 spiro atoms. The molecule has 39 heavy (non-hydrogen) atoms. The normalized spacial score (nSPS) is 23.5. The van der Waals surface area contributed by atoms with Crippen LogP contribution in [0.25, 0.3) is 0 Å². The maximum absolute atomic E-state index is 13.9. The van der Waals surface area contributed by atoms with Gasteiger partial charge in [-0.2, -0.15) is 13.2 Å². The third-order valence-electron chi connectivity index (χ3n) is 9.85. The zero-order valence-corrected chi connectivity index (χ0v) is 22.8. The molecular weight excluding hydrogens is 503 g/mol. The van der Waals surface area contributed by atoms with Crippen LogP contribution in [0.2, 0.25) is 0 Å². The molecule has 6 rings (SSSR count). The van der Waals surface area contributed by atoms with E-state index in [1.54, 1.807) is 19.1 Å². The fraction of sp³-hybridized carbons (Fsp3) is 0.594. The smallest absolute Gasteiger partial charge is 0.416 e. The standard InChI is InChI=1S/C32H38F3NO3/c1-19(30(37)38)29(23-6-7-23)25-8-5-22-11-12-31(39-28(22)18-25)13-15-36(16-14-31)20(2)26-17-24(21-3-4-21)9-10-27(26)32(33,34)35/h5,8-10,17-21,23,29H,3-4,6-7,11-16H2,1-2H3,(H,37,38)/t19-,20?,29-/m0/s1. The number of fused-ring (bicyclic) bond motifs is 1. The third kappa shape index (κ3) is 5.31. The van der Waals surface area contributed by atoms with Crippen LogP contribution in [0.15, 0.2) is 36.4 Å². The summed E-state index contributed by atoms with van der Waals surface area (Å²) in [6.07, 6.45) is 3.21. The molecule has 210 valence electrons. The average molecular weight is 542 g/mol. The second kappa shape index (κ2) is 9.83. The Hall–Kier alpha value is -2.54. The highest BCUT2D eigenvalue weighted by atomic mass is 19.4. The highest BCUT2D eigenvalue weighted by Crippen LogP contribution is 2.49. The average Bonchev–Trinajstić information content (AvgIpc) is 3.82. The fourth-order valence-electron chi connectivity index (χ4n) is 7.03. The maximum atomic E-state index is 13.9. The first-order chi connectivity index (χ1) is 18.5. The van der Waals surface area contributed by atoms with Gasteiger partial charge in [-0.25, -0.2) is 0 Å². The molecule has 0 radical (unpaired) electrons. The monoisotopic (exact) mass is 541 g/mol. The molecule has 2 aliphatic carbocycles. The Balaban J connectivity index is 1.18. The van der Waals surface area contributed by atoms with Gasteiger partial charge in [-0.1, -0.05) is 31.2 Å². The summed E-state index contributed by atoms with van der Waals surface area (Å²) in [4.78, 5) is 14.0. The molecule has 1 N–H and O–H groups in total. The molecule has 2 heterocycles. The molecule has 1 saturated heterocycles. The molecule has 1 unspecified atom stereocenters. The number of piperidine rings is 1. The van der Waals surface area contributed by atoms with Gasteiger partial charge in [0.25, 0.3) is 0 Å². The summed E-state index contributed by atoms with van der Waals surface area (Å²) < 4.78 is 48.5. The van der Waals surface area contributed by atoms with Crippen molar-refractivity contribution in [2.75, 3.05) is 13.1 Å². The van der Waals surface area contributed by atoms with E-state index in [-0.39, 0.29) is 17.6 Å². The van der Waals surface area contributed by atoms with E-state index < -0.39 is 23.6 Å². The van der Waals surface area contributed by atoms with Crippen molar-refractivity contribution in [2.24, 2.45) is 11.8 Å². The van der Waals surface area contributed by atoms with Crippen molar-refractivity contribution in [2.45, 2.75) is 94.9 Å². The SMILES string of the molecule is CC(c1cc(C2CC2)ccc1C(F)(F)F)N1CCC2(CCc3ccc([C@H](C4CC4)[C@H](C)C(=O)O)cc3O2)CC1. The number of halogens is 3. The molecule has 3 atom stereocenters. The van der Waals surface area contributed by atoms with Crippen LogP contribution in [0.1, 0.15) is 104 Å². The number of alkyl halides is 3. The first-order valence-corrected chi connectivity index (χ1v) is 14.5. The van der Waals surface area contributed by atoms with E-state index in [1.807, 2.05) is 6.92 Å². The van der Waals surface area contributed by atoms with Crippen molar-refractivity contribution >= 4 is 5.97 Å². The number of rotatable bonds is 7. The lowest BCUT2D eigenvalue weighted by molar-refractivity contribution is -0.142. The van der Waals surface area contributed by atoms with Crippen LogP contribution in [-0.2, 0) is 17.4 Å². The van der Waals surface area contributed by atoms with E-state index >= 15 is 0 Å². The second-order valence-corrected chi connectivity index (χ2v) is 12.5. The molecule has 4 aliphatic rings. The second-order valence-electron chi connectivity index (χ2n) is 12.5. The van der Waals surface area contributed by atoms with Gasteiger partial charge in [0.2, 0.25) is 0 Å². The van der Waals surface area contributed by atoms with Gasteiger partial charge in [-0.05, 0) is 110 Å². The summed E-state index contributed by atoms with van der Waals surface area (Å²) in [5.41, 5.74) is 2.78. The zero-order valence-electron chi connectivity index (χ0n) is 22.8. The summed E-state index contributed by atoms with van der Waals surface area (Å²) in [5.74, 6) is 0.460. The molecule has 0 amide bonds. The number of carbonyl (C=O) groups is 1. The lowest BCUT2D eigenvalue weighted by atomic mass is 9.80. The number of nitrogens with zero attached hydrogens (tertiary/aromatic N) is 1. The van der Waals surface area contributed by atoms with Gasteiger partial charge < -0.3 is 9.84 Å². The van der Waals surface area contributed by atoms with Gasteiger partial charge in [-0.15, -0.1) is 0 Å². The number of aryl methyl sites for hydroxylation is 1. The van der Waals surface area contributed by atoms with Crippen molar-refractivity contribution in [1.29, 1.82) is 0 Å². The lowest BCUT2D eigenvalue weighted by Gasteiger charge is -2.46. The molecule has 2 aromatic carbocycles. The van der Waals surface area contributed by atoms with E-state index in [2.05, 4.69) is 23.1 Å². The molecule has 0 bridgehead atoms. The number of likely N-dealkylation sites (tertiary alicyclic amines) is 1. The number of carboxylic acid groups (broad SMARTS) is 1. The molecule has 3 fully saturated rings. The van der Waals surface area contributed by atoms with Crippen LogP contribution in [0.3, 0.4) is 0 Å². The predicted octanol–water partition coefficient (Wildman–Crippen LogP) is 7.72. The maximum Gasteiger partial charge on any atom is 0.416 e. The van der Waals surface area contributed by atoms with Crippen LogP contribution in [0.5, 0.6) is 5.75 Å². The lowest BCUT2D eigenvalue weighted by Crippen LogP contribution is -2.50. The van der Waals surface area contributed by atoms with Gasteiger partial charge >= 0.3 is 12.1 Å². The van der Waals surface area contributed by atoms with Crippen LogP contribution in [0.4, 0.5) is 13.2 Å². The number of aliphatic carboxylic acids is 1. The molecular formula is C32H38F3NO3. The van der Waals surface area contributed by atoms with E-state index in [4.69, 9.17) is 4.74 Å². The fourth-order valence-corrected chi connectivity index (χ4v) is 7.03. The molecule has 7 heteroatoms. The van der Waals surface area contributed by atoms with Crippen molar-refractivity contribution < 1.29 is 27.8 Å². The minimum atomic E-state index is -4.37. The number of carboxylic acids is 1. The van der Waals surface area contributed by atoms with E-state index in [0.717, 1.165) is 73.8 Å². The van der Waals surface area contributed by atoms with Crippen molar-refractivity contribution in [1.82, 2.24) is 4.90 Å². The first-order valence-electron chi connectivity index (χ1n) is 14.5. The Kier molecular flexibility index (Phi) is 6.72. The first kappa shape index (κ1) is 26.7. The summed E-state index contributed by atoms with van der Waals surface area (Å²) in [6, 6.07) is 10.7. The molecule has 4 nitrogen and oxygen atoms in total. The zero-order chi connectivity index (χ0) is 27.5. The van der Waals surface area contributed by atoms with E-state index in [9.17, 15) is 23.1 Å². The summed E-state index contributed by atoms with van der Waals surface area (Å²) in [6.45, 7) is 5.07. The summed E-state index contributed by atoms with van der Waals surface area (Å²) >= 11 is 0. The highest BCUT2D eigenvalue weighted by molar-refractivity contribution is 5.71. The minimum Gasteiger partial charge on any atom is -0.487 e. The molecule has 2 saturated carbocycles. The number of hydrogen-bond donors (Lipinski definition) is 1. The predicted molar refractivity (Wildman–Crippen MR) is 143 cm³/mol. The van der Waals surface area contributed by atoms with Gasteiger partial charge in [0.1, 0.15) is 11.4 Å². The third-order valence-corrected chi connectivity index (χ3v) is 9.85.